The molecule has 0 radical (unpaired) electrons. The smallest absolute Gasteiger partial charge is 0.142 e. The lowest BCUT2D eigenvalue weighted by Gasteiger charge is -2.04. The van der Waals surface area contributed by atoms with Crippen LogP contribution in [0.15, 0.2) is 53.7 Å². The SMILES string of the molecule is COc1ccc([C@H]2C[C@H]2/C(C)=N\OCc2ccc(F)cc2)cc1. The lowest BCUT2D eigenvalue weighted by atomic mass is 10.1. The largest absolute Gasteiger partial charge is 0.497 e. The fourth-order valence-corrected chi connectivity index (χ4v) is 2.73. The number of rotatable bonds is 6. The highest BCUT2D eigenvalue weighted by atomic mass is 19.1. The second-order valence-electron chi connectivity index (χ2n) is 5.85. The predicted octanol–water partition coefficient (Wildman–Crippen LogP) is 4.53. The Labute approximate surface area is 135 Å². The third-order valence-electron chi connectivity index (χ3n) is 4.22. The average Bonchev–Trinajstić information content (AvgIpc) is 3.37. The first kappa shape index (κ1) is 15.5. The van der Waals surface area contributed by atoms with Gasteiger partial charge in [-0.3, -0.25) is 0 Å². The molecule has 1 aliphatic rings. The van der Waals surface area contributed by atoms with Gasteiger partial charge in [0.05, 0.1) is 12.8 Å². The molecule has 23 heavy (non-hydrogen) atoms. The fourth-order valence-electron chi connectivity index (χ4n) is 2.73. The minimum absolute atomic E-state index is 0.242. The maximum Gasteiger partial charge on any atom is 0.142 e. The summed E-state index contributed by atoms with van der Waals surface area (Å²) >= 11 is 0. The van der Waals surface area contributed by atoms with Crippen LogP contribution in [0.4, 0.5) is 4.39 Å². The lowest BCUT2D eigenvalue weighted by molar-refractivity contribution is 0.129. The van der Waals surface area contributed by atoms with Gasteiger partial charge in [0.1, 0.15) is 18.2 Å². The van der Waals surface area contributed by atoms with Gasteiger partial charge in [0.15, 0.2) is 0 Å². The Morgan fingerprint density at radius 2 is 1.83 bits per heavy atom. The Kier molecular flexibility index (Phi) is 4.60. The maximum absolute atomic E-state index is 12.8. The molecule has 2 aromatic rings. The van der Waals surface area contributed by atoms with E-state index < -0.39 is 0 Å². The van der Waals surface area contributed by atoms with Crippen molar-refractivity contribution in [2.45, 2.75) is 25.9 Å². The molecule has 0 aromatic heterocycles. The molecule has 0 bridgehead atoms. The molecule has 2 aromatic carbocycles. The van der Waals surface area contributed by atoms with E-state index in [1.54, 1.807) is 19.2 Å². The molecule has 2 atom stereocenters. The van der Waals surface area contributed by atoms with E-state index in [-0.39, 0.29) is 5.82 Å². The van der Waals surface area contributed by atoms with Crippen molar-refractivity contribution in [2.24, 2.45) is 11.1 Å². The van der Waals surface area contributed by atoms with Crippen molar-refractivity contribution in [1.29, 1.82) is 0 Å². The number of oxime groups is 1. The third kappa shape index (κ3) is 3.89. The topological polar surface area (TPSA) is 30.8 Å². The number of ether oxygens (including phenoxy) is 1. The number of hydrogen-bond donors (Lipinski definition) is 0. The highest BCUT2D eigenvalue weighted by Gasteiger charge is 2.40. The Hall–Kier alpha value is -2.36. The van der Waals surface area contributed by atoms with Crippen LogP contribution in [0, 0.1) is 11.7 Å². The first-order valence-corrected chi connectivity index (χ1v) is 7.72. The molecule has 1 aliphatic carbocycles. The van der Waals surface area contributed by atoms with Gasteiger partial charge in [-0.2, -0.15) is 0 Å². The molecule has 120 valence electrons. The van der Waals surface area contributed by atoms with E-state index in [0.717, 1.165) is 23.4 Å². The lowest BCUT2D eigenvalue weighted by Crippen LogP contribution is -1.99. The molecular formula is C19H20FNO2. The van der Waals surface area contributed by atoms with Gasteiger partial charge in [-0.05, 0) is 54.7 Å². The average molecular weight is 313 g/mol. The van der Waals surface area contributed by atoms with E-state index in [2.05, 4.69) is 17.3 Å². The Balaban J connectivity index is 1.52. The van der Waals surface area contributed by atoms with Gasteiger partial charge < -0.3 is 9.57 Å². The summed E-state index contributed by atoms with van der Waals surface area (Å²) in [4.78, 5) is 5.39. The zero-order valence-corrected chi connectivity index (χ0v) is 13.3. The van der Waals surface area contributed by atoms with Crippen molar-refractivity contribution < 1.29 is 14.0 Å². The minimum Gasteiger partial charge on any atom is -0.497 e. The van der Waals surface area contributed by atoms with Crippen molar-refractivity contribution in [3.63, 3.8) is 0 Å². The molecule has 0 saturated heterocycles. The van der Waals surface area contributed by atoms with E-state index in [0.29, 0.717) is 18.4 Å². The van der Waals surface area contributed by atoms with Gasteiger partial charge >= 0.3 is 0 Å². The van der Waals surface area contributed by atoms with E-state index in [1.165, 1.54) is 17.7 Å². The van der Waals surface area contributed by atoms with Crippen molar-refractivity contribution >= 4 is 5.71 Å². The van der Waals surface area contributed by atoms with Crippen molar-refractivity contribution in [3.8, 4) is 5.75 Å². The summed E-state index contributed by atoms with van der Waals surface area (Å²) in [5.74, 6) is 1.59. The second-order valence-corrected chi connectivity index (χ2v) is 5.85. The van der Waals surface area contributed by atoms with E-state index >= 15 is 0 Å². The van der Waals surface area contributed by atoms with Gasteiger partial charge in [0.2, 0.25) is 0 Å². The Bertz CT molecular complexity index is 680. The monoisotopic (exact) mass is 313 g/mol. The number of nitrogens with zero attached hydrogens (tertiary/aromatic N) is 1. The molecule has 0 unspecified atom stereocenters. The van der Waals surface area contributed by atoms with Crippen LogP contribution >= 0.6 is 0 Å². The normalized spacial score (nSPS) is 20.2. The van der Waals surface area contributed by atoms with Crippen LogP contribution in [0.1, 0.15) is 30.4 Å². The zero-order chi connectivity index (χ0) is 16.2. The van der Waals surface area contributed by atoms with Crippen LogP contribution in [-0.2, 0) is 11.4 Å². The quantitative estimate of drug-likeness (QED) is 0.579. The summed E-state index contributed by atoms with van der Waals surface area (Å²) in [7, 11) is 1.67. The van der Waals surface area contributed by atoms with Crippen LogP contribution in [0.2, 0.25) is 0 Å². The standard InChI is InChI=1S/C19H20FNO2/c1-13(21-23-12-14-3-7-16(20)8-4-14)18-11-19(18)15-5-9-17(22-2)10-6-15/h3-10,18-19H,11-12H2,1-2H3/b21-13-/t18-,19+/m0/s1. The highest BCUT2D eigenvalue weighted by molar-refractivity contribution is 5.87. The molecule has 1 saturated carbocycles. The second kappa shape index (κ2) is 6.82. The van der Waals surface area contributed by atoms with E-state index in [9.17, 15) is 4.39 Å². The molecule has 3 nitrogen and oxygen atoms in total. The van der Waals surface area contributed by atoms with Gasteiger partial charge in [0.25, 0.3) is 0 Å². The minimum atomic E-state index is -0.242. The molecular weight excluding hydrogens is 293 g/mol. The van der Waals surface area contributed by atoms with Crippen molar-refractivity contribution in [2.75, 3.05) is 7.11 Å². The van der Waals surface area contributed by atoms with Crippen LogP contribution in [0.5, 0.6) is 5.75 Å². The number of hydrogen-bond acceptors (Lipinski definition) is 3. The van der Waals surface area contributed by atoms with Gasteiger partial charge in [-0.15, -0.1) is 0 Å². The first-order chi connectivity index (χ1) is 11.2. The fraction of sp³-hybridized carbons (Fsp3) is 0.316. The molecule has 0 amide bonds. The zero-order valence-electron chi connectivity index (χ0n) is 13.3. The maximum atomic E-state index is 12.8. The molecule has 1 fully saturated rings. The van der Waals surface area contributed by atoms with Crippen molar-refractivity contribution in [3.05, 3.63) is 65.5 Å². The third-order valence-corrected chi connectivity index (χ3v) is 4.22. The number of methoxy groups -OCH3 is 1. The number of halogens is 1. The Morgan fingerprint density at radius 3 is 2.48 bits per heavy atom. The summed E-state index contributed by atoms with van der Waals surface area (Å²) in [5, 5.41) is 4.21. The van der Waals surface area contributed by atoms with E-state index in [4.69, 9.17) is 9.57 Å². The van der Waals surface area contributed by atoms with E-state index in [1.807, 2.05) is 19.1 Å². The van der Waals surface area contributed by atoms with Crippen molar-refractivity contribution in [1.82, 2.24) is 0 Å². The molecule has 0 aliphatic heterocycles. The van der Waals surface area contributed by atoms with Crippen LogP contribution in [0.25, 0.3) is 0 Å². The van der Waals surface area contributed by atoms with Gasteiger partial charge in [0, 0.05) is 5.92 Å². The molecule has 0 spiro atoms. The summed E-state index contributed by atoms with van der Waals surface area (Å²) < 4.78 is 18.0. The molecule has 3 rings (SSSR count). The number of benzene rings is 2. The molecule has 4 heteroatoms. The summed E-state index contributed by atoms with van der Waals surface area (Å²) in [6, 6.07) is 14.5. The Morgan fingerprint density at radius 1 is 1.13 bits per heavy atom. The van der Waals surface area contributed by atoms with Gasteiger partial charge in [-0.1, -0.05) is 29.4 Å². The van der Waals surface area contributed by atoms with Crippen LogP contribution < -0.4 is 4.74 Å². The molecule has 0 heterocycles. The summed E-state index contributed by atoms with van der Waals surface area (Å²) in [6.07, 6.45) is 1.10. The summed E-state index contributed by atoms with van der Waals surface area (Å²) in [5.41, 5.74) is 3.22. The highest BCUT2D eigenvalue weighted by Crippen LogP contribution is 2.48. The summed E-state index contributed by atoms with van der Waals surface area (Å²) in [6.45, 7) is 2.36. The van der Waals surface area contributed by atoms with Gasteiger partial charge in [-0.25, -0.2) is 4.39 Å². The van der Waals surface area contributed by atoms with Crippen LogP contribution in [-0.4, -0.2) is 12.8 Å². The molecule has 0 N–H and O–H groups in total. The first-order valence-electron chi connectivity index (χ1n) is 7.72. The van der Waals surface area contributed by atoms with Crippen LogP contribution in [0.3, 0.4) is 0 Å². The predicted molar refractivity (Wildman–Crippen MR) is 88.1 cm³/mol.